The summed E-state index contributed by atoms with van der Waals surface area (Å²) in [5.41, 5.74) is 0.192. The van der Waals surface area contributed by atoms with Gasteiger partial charge in [-0.3, -0.25) is 4.98 Å². The van der Waals surface area contributed by atoms with Crippen molar-refractivity contribution in [1.29, 1.82) is 0 Å². The number of aliphatic hydroxyl groups is 1. The smallest absolute Gasteiger partial charge is 0.403 e. The molecule has 0 aromatic carbocycles. The van der Waals surface area contributed by atoms with E-state index in [1.807, 2.05) is 0 Å². The normalized spacial score (nSPS) is 11.6. The summed E-state index contributed by atoms with van der Waals surface area (Å²) in [6, 6.07) is 0. The van der Waals surface area contributed by atoms with Crippen LogP contribution >= 0.6 is 22.6 Å². The van der Waals surface area contributed by atoms with Crippen LogP contribution < -0.4 is 4.74 Å². The van der Waals surface area contributed by atoms with Gasteiger partial charge in [0, 0.05) is 15.3 Å². The molecular weight excluding hydrogens is 326 g/mol. The number of aromatic nitrogens is 1. The molecule has 0 amide bonds. The Bertz CT molecular complexity index is 368. The van der Waals surface area contributed by atoms with Crippen LogP contribution in [0.2, 0.25) is 0 Å². The van der Waals surface area contributed by atoms with Gasteiger partial charge in [-0.1, -0.05) is 0 Å². The maximum atomic E-state index is 12.0. The predicted molar refractivity (Wildman–Crippen MR) is 54.3 cm³/mol. The quantitative estimate of drug-likeness (QED) is 0.845. The van der Waals surface area contributed by atoms with Crippen molar-refractivity contribution in [1.82, 2.24) is 4.98 Å². The van der Waals surface area contributed by atoms with E-state index in [4.69, 9.17) is 5.11 Å². The number of ether oxygens (including phenoxy) is 1. The number of halogens is 4. The van der Waals surface area contributed by atoms with E-state index in [9.17, 15) is 13.2 Å². The van der Waals surface area contributed by atoms with Crippen molar-refractivity contribution < 1.29 is 23.0 Å². The highest BCUT2D eigenvalue weighted by Gasteiger charge is 2.33. The predicted octanol–water partition coefficient (Wildman–Crippen LogP) is 2.39. The van der Waals surface area contributed by atoms with Gasteiger partial charge < -0.3 is 9.84 Å². The molecule has 15 heavy (non-hydrogen) atoms. The lowest BCUT2D eigenvalue weighted by molar-refractivity contribution is -0.275. The lowest BCUT2D eigenvalue weighted by atomic mass is 10.2. The molecule has 0 aliphatic heterocycles. The van der Waals surface area contributed by atoms with Crippen LogP contribution in [0.15, 0.2) is 6.20 Å². The molecule has 3 nitrogen and oxygen atoms in total. The topological polar surface area (TPSA) is 42.4 Å². The van der Waals surface area contributed by atoms with Crippen LogP contribution in [0.5, 0.6) is 5.75 Å². The summed E-state index contributed by atoms with van der Waals surface area (Å²) in [5, 5.41) is 8.94. The van der Waals surface area contributed by atoms with Crippen LogP contribution in [-0.2, 0) is 6.61 Å². The third-order valence-corrected chi connectivity index (χ3v) is 2.57. The van der Waals surface area contributed by atoms with Gasteiger partial charge in [0.05, 0.1) is 12.3 Å². The molecule has 1 aromatic rings. The van der Waals surface area contributed by atoms with Crippen LogP contribution in [0.3, 0.4) is 0 Å². The molecule has 0 unspecified atom stereocenters. The minimum absolute atomic E-state index is 0.0943. The van der Waals surface area contributed by atoms with Crippen molar-refractivity contribution in [3.8, 4) is 5.75 Å². The van der Waals surface area contributed by atoms with Gasteiger partial charge in [-0.25, -0.2) is 0 Å². The molecule has 1 N–H and O–H groups in total. The van der Waals surface area contributed by atoms with Crippen molar-refractivity contribution in [2.75, 3.05) is 0 Å². The molecule has 1 rings (SSSR count). The number of alkyl halides is 3. The number of aryl methyl sites for hydroxylation is 1. The molecule has 0 saturated carbocycles. The summed E-state index contributed by atoms with van der Waals surface area (Å²) in [6.07, 6.45) is -3.40. The first-order valence-corrected chi connectivity index (χ1v) is 4.93. The Morgan fingerprint density at radius 1 is 1.53 bits per heavy atom. The Kier molecular flexibility index (Phi) is 3.77. The first-order valence-electron chi connectivity index (χ1n) is 3.85. The molecule has 1 heterocycles. The van der Waals surface area contributed by atoms with Crippen LogP contribution in [0, 0.1) is 10.5 Å². The minimum Gasteiger partial charge on any atom is -0.403 e. The second-order valence-corrected chi connectivity index (χ2v) is 3.87. The highest BCUT2D eigenvalue weighted by Crippen LogP contribution is 2.31. The van der Waals surface area contributed by atoms with Crippen molar-refractivity contribution in [3.63, 3.8) is 0 Å². The third kappa shape index (κ3) is 3.20. The Hall–Kier alpha value is -0.570. The van der Waals surface area contributed by atoms with Crippen molar-refractivity contribution in [3.05, 3.63) is 21.0 Å². The Labute approximate surface area is 97.4 Å². The van der Waals surface area contributed by atoms with Gasteiger partial charge in [-0.2, -0.15) is 0 Å². The summed E-state index contributed by atoms with van der Waals surface area (Å²) in [4.78, 5) is 3.73. The second-order valence-electron chi connectivity index (χ2n) is 2.71. The molecule has 84 valence electrons. The first-order chi connectivity index (χ1) is 6.85. The lowest BCUT2D eigenvalue weighted by Crippen LogP contribution is -2.19. The summed E-state index contributed by atoms with van der Waals surface area (Å²) >= 11 is 1.78. The van der Waals surface area contributed by atoms with Gasteiger partial charge in [0.2, 0.25) is 0 Å². The summed E-state index contributed by atoms with van der Waals surface area (Å²) in [7, 11) is 0. The highest BCUT2D eigenvalue weighted by molar-refractivity contribution is 14.1. The average molecular weight is 333 g/mol. The van der Waals surface area contributed by atoms with Crippen LogP contribution in [0.4, 0.5) is 13.2 Å². The molecule has 0 aliphatic rings. The monoisotopic (exact) mass is 333 g/mol. The zero-order chi connectivity index (χ0) is 11.6. The number of pyridine rings is 1. The summed E-state index contributed by atoms with van der Waals surface area (Å²) in [5.74, 6) is -0.420. The van der Waals surface area contributed by atoms with E-state index in [2.05, 4.69) is 9.72 Å². The Morgan fingerprint density at radius 3 is 2.60 bits per heavy atom. The molecule has 7 heteroatoms. The number of hydrogen-bond donors (Lipinski definition) is 1. The molecule has 1 aromatic heterocycles. The van der Waals surface area contributed by atoms with Crippen LogP contribution in [0.1, 0.15) is 11.3 Å². The zero-order valence-electron chi connectivity index (χ0n) is 7.60. The van der Waals surface area contributed by atoms with E-state index < -0.39 is 18.7 Å². The zero-order valence-corrected chi connectivity index (χ0v) is 9.76. The molecular formula is C8H7F3INO2. The van der Waals surface area contributed by atoms with Crippen molar-refractivity contribution >= 4 is 22.6 Å². The van der Waals surface area contributed by atoms with Gasteiger partial charge >= 0.3 is 6.36 Å². The number of nitrogens with zero attached hydrogens (tertiary/aromatic N) is 1. The maximum absolute atomic E-state index is 12.0. The second kappa shape index (κ2) is 4.52. The van der Waals surface area contributed by atoms with E-state index >= 15 is 0 Å². The molecule has 0 radical (unpaired) electrons. The first kappa shape index (κ1) is 12.5. The third-order valence-electron chi connectivity index (χ3n) is 1.64. The van der Waals surface area contributed by atoms with E-state index in [-0.39, 0.29) is 11.3 Å². The fraction of sp³-hybridized carbons (Fsp3) is 0.375. The summed E-state index contributed by atoms with van der Waals surface area (Å²) in [6.45, 7) is 0.864. The molecule has 0 spiro atoms. The number of rotatable bonds is 2. The fourth-order valence-electron chi connectivity index (χ4n) is 1.02. The Balaban J connectivity index is 3.20. The molecule has 0 bridgehead atoms. The lowest BCUT2D eigenvalue weighted by Gasteiger charge is -2.14. The largest absolute Gasteiger partial charge is 0.573 e. The SMILES string of the molecule is Cc1ncc(I)c(CO)c1OC(F)(F)F. The van der Waals surface area contributed by atoms with Gasteiger partial charge in [0.15, 0.2) is 5.75 Å². The van der Waals surface area contributed by atoms with Gasteiger partial charge in [0.25, 0.3) is 0 Å². The fourth-order valence-corrected chi connectivity index (χ4v) is 1.57. The molecule has 0 aliphatic carbocycles. The molecule has 0 fully saturated rings. The molecule has 0 atom stereocenters. The van der Waals surface area contributed by atoms with E-state index in [0.29, 0.717) is 3.57 Å². The van der Waals surface area contributed by atoms with Gasteiger partial charge in [-0.15, -0.1) is 13.2 Å². The Morgan fingerprint density at radius 2 is 2.13 bits per heavy atom. The van der Waals surface area contributed by atoms with E-state index in [0.717, 1.165) is 0 Å². The van der Waals surface area contributed by atoms with Crippen LogP contribution in [-0.4, -0.2) is 16.5 Å². The highest BCUT2D eigenvalue weighted by atomic mass is 127. The van der Waals surface area contributed by atoms with Crippen LogP contribution in [0.25, 0.3) is 0 Å². The van der Waals surface area contributed by atoms with E-state index in [1.165, 1.54) is 13.1 Å². The standard InChI is InChI=1S/C8H7F3INO2/c1-4-7(15-8(9,10)11)5(3-14)6(12)2-13-4/h2,14H,3H2,1H3. The molecule has 0 saturated heterocycles. The van der Waals surface area contributed by atoms with Gasteiger partial charge in [-0.05, 0) is 29.5 Å². The van der Waals surface area contributed by atoms with Crippen molar-refractivity contribution in [2.24, 2.45) is 0 Å². The average Bonchev–Trinajstić information content (AvgIpc) is 2.10. The minimum atomic E-state index is -4.78. The maximum Gasteiger partial charge on any atom is 0.573 e. The number of hydrogen-bond acceptors (Lipinski definition) is 3. The summed E-state index contributed by atoms with van der Waals surface area (Å²) < 4.78 is 40.3. The van der Waals surface area contributed by atoms with E-state index in [1.54, 1.807) is 22.6 Å². The van der Waals surface area contributed by atoms with Crippen molar-refractivity contribution in [2.45, 2.75) is 19.9 Å². The van der Waals surface area contributed by atoms with Gasteiger partial charge in [0.1, 0.15) is 0 Å². The number of aliphatic hydroxyl groups excluding tert-OH is 1.